The molecule has 0 amide bonds. The SMILES string of the molecule is CCOC(=O)C(C(C)=O)C(c1ccc(OC)cc1)C(C(C)=O)C(=O)[O-]. The number of hydrogen-bond acceptors (Lipinski definition) is 7. The monoisotopic (exact) mass is 349 g/mol. The summed E-state index contributed by atoms with van der Waals surface area (Å²) in [6.45, 7) is 3.83. The van der Waals surface area contributed by atoms with Gasteiger partial charge in [0.1, 0.15) is 23.2 Å². The van der Waals surface area contributed by atoms with Crippen molar-refractivity contribution in [2.75, 3.05) is 13.7 Å². The summed E-state index contributed by atoms with van der Waals surface area (Å²) in [4.78, 5) is 47.9. The number of methoxy groups -OCH3 is 1. The first kappa shape index (κ1) is 20.3. The molecule has 0 saturated carbocycles. The average molecular weight is 349 g/mol. The number of carbonyl (C=O) groups is 4. The van der Waals surface area contributed by atoms with Crippen LogP contribution in [0.1, 0.15) is 32.3 Å². The van der Waals surface area contributed by atoms with Crippen LogP contribution in [0.25, 0.3) is 0 Å². The van der Waals surface area contributed by atoms with Crippen molar-refractivity contribution in [3.63, 3.8) is 0 Å². The van der Waals surface area contributed by atoms with Crippen LogP contribution in [-0.2, 0) is 23.9 Å². The van der Waals surface area contributed by atoms with Crippen LogP contribution in [0, 0.1) is 11.8 Å². The molecular formula is C18H21O7-. The molecule has 0 spiro atoms. The Balaban J connectivity index is 3.52. The number of rotatable bonds is 9. The van der Waals surface area contributed by atoms with Crippen molar-refractivity contribution in [2.24, 2.45) is 11.8 Å². The zero-order chi connectivity index (χ0) is 19.1. The molecule has 0 aliphatic carbocycles. The number of carboxylic acid groups (broad SMARTS) is 1. The maximum atomic E-state index is 12.3. The molecule has 1 rings (SSSR count). The maximum Gasteiger partial charge on any atom is 0.317 e. The Kier molecular flexibility index (Phi) is 7.29. The second kappa shape index (κ2) is 8.96. The van der Waals surface area contributed by atoms with Crippen molar-refractivity contribution in [3.8, 4) is 5.75 Å². The summed E-state index contributed by atoms with van der Waals surface area (Å²) in [5.74, 6) is -7.64. The number of benzene rings is 1. The number of hydrogen-bond donors (Lipinski definition) is 0. The van der Waals surface area contributed by atoms with Crippen LogP contribution >= 0.6 is 0 Å². The van der Waals surface area contributed by atoms with E-state index in [9.17, 15) is 24.3 Å². The molecule has 7 heteroatoms. The molecule has 1 aromatic rings. The minimum atomic E-state index is -1.66. The van der Waals surface area contributed by atoms with E-state index >= 15 is 0 Å². The third kappa shape index (κ3) is 4.89. The smallest absolute Gasteiger partial charge is 0.317 e. The minimum Gasteiger partial charge on any atom is -0.549 e. The van der Waals surface area contributed by atoms with Gasteiger partial charge in [0.15, 0.2) is 0 Å². The molecular weight excluding hydrogens is 328 g/mol. The topological polar surface area (TPSA) is 110 Å². The van der Waals surface area contributed by atoms with E-state index < -0.39 is 41.3 Å². The third-order valence-electron chi connectivity index (χ3n) is 3.89. The highest BCUT2D eigenvalue weighted by atomic mass is 16.5. The summed E-state index contributed by atoms with van der Waals surface area (Å²) >= 11 is 0. The fourth-order valence-electron chi connectivity index (χ4n) is 2.77. The number of carbonyl (C=O) groups excluding carboxylic acids is 4. The lowest BCUT2D eigenvalue weighted by Gasteiger charge is -2.31. The molecule has 7 nitrogen and oxygen atoms in total. The van der Waals surface area contributed by atoms with Gasteiger partial charge in [-0.3, -0.25) is 14.4 Å². The van der Waals surface area contributed by atoms with E-state index in [-0.39, 0.29) is 6.61 Å². The van der Waals surface area contributed by atoms with Crippen LogP contribution in [0.2, 0.25) is 0 Å². The highest BCUT2D eigenvalue weighted by Gasteiger charge is 2.42. The van der Waals surface area contributed by atoms with Gasteiger partial charge in [0.25, 0.3) is 0 Å². The Morgan fingerprint density at radius 1 is 1.00 bits per heavy atom. The molecule has 0 fully saturated rings. The van der Waals surface area contributed by atoms with Crippen LogP contribution in [0.3, 0.4) is 0 Å². The lowest BCUT2D eigenvalue weighted by molar-refractivity contribution is -0.310. The Hall–Kier alpha value is -2.70. The standard InChI is InChI=1S/C18H22O7/c1-5-25-18(23)15(11(3)20)16(14(10(2)19)17(21)22)12-6-8-13(24-4)9-7-12/h6-9,14-16H,5H2,1-4H3,(H,21,22)/p-1. The normalized spacial score (nSPS) is 14.1. The average Bonchev–Trinajstić information content (AvgIpc) is 2.53. The predicted molar refractivity (Wildman–Crippen MR) is 85.7 cm³/mol. The van der Waals surface area contributed by atoms with Gasteiger partial charge in [0.2, 0.25) is 0 Å². The molecule has 0 heterocycles. The summed E-state index contributed by atoms with van der Waals surface area (Å²) in [6.07, 6.45) is 0. The van der Waals surface area contributed by atoms with E-state index in [1.807, 2.05) is 0 Å². The maximum absolute atomic E-state index is 12.3. The molecule has 0 radical (unpaired) electrons. The van der Waals surface area contributed by atoms with E-state index in [0.29, 0.717) is 11.3 Å². The summed E-state index contributed by atoms with van der Waals surface area (Å²) in [7, 11) is 1.46. The molecule has 0 N–H and O–H groups in total. The number of esters is 1. The van der Waals surface area contributed by atoms with Gasteiger partial charge in [0, 0.05) is 5.92 Å². The number of aliphatic carboxylic acids is 1. The summed E-state index contributed by atoms with van der Waals surface area (Å²) in [5.41, 5.74) is 0.332. The van der Waals surface area contributed by atoms with Crippen molar-refractivity contribution in [2.45, 2.75) is 26.7 Å². The molecule has 0 bridgehead atoms. The van der Waals surface area contributed by atoms with Gasteiger partial charge in [-0.15, -0.1) is 0 Å². The molecule has 0 aliphatic rings. The van der Waals surface area contributed by atoms with E-state index in [2.05, 4.69) is 0 Å². The van der Waals surface area contributed by atoms with E-state index in [4.69, 9.17) is 9.47 Å². The lowest BCUT2D eigenvalue weighted by atomic mass is 9.73. The van der Waals surface area contributed by atoms with Gasteiger partial charge < -0.3 is 19.4 Å². The molecule has 1 aromatic carbocycles. The number of ketones is 2. The lowest BCUT2D eigenvalue weighted by Crippen LogP contribution is -2.45. The van der Waals surface area contributed by atoms with Crippen LogP contribution in [0.4, 0.5) is 0 Å². The highest BCUT2D eigenvalue weighted by molar-refractivity contribution is 6.03. The summed E-state index contributed by atoms with van der Waals surface area (Å²) in [5, 5.41) is 11.6. The molecule has 136 valence electrons. The molecule has 3 atom stereocenters. The van der Waals surface area contributed by atoms with Crippen molar-refractivity contribution in [1.29, 1.82) is 0 Å². The van der Waals surface area contributed by atoms with E-state index in [1.54, 1.807) is 19.1 Å². The van der Waals surface area contributed by atoms with Crippen LogP contribution < -0.4 is 9.84 Å². The van der Waals surface area contributed by atoms with E-state index in [0.717, 1.165) is 13.8 Å². The van der Waals surface area contributed by atoms with Gasteiger partial charge in [-0.2, -0.15) is 0 Å². The number of Topliss-reactive ketones (excluding diaryl/α,β-unsaturated/α-hetero) is 2. The van der Waals surface area contributed by atoms with Gasteiger partial charge >= 0.3 is 5.97 Å². The molecule has 3 unspecified atom stereocenters. The highest BCUT2D eigenvalue weighted by Crippen LogP contribution is 2.35. The zero-order valence-corrected chi connectivity index (χ0v) is 14.6. The number of carboxylic acids is 1. The van der Waals surface area contributed by atoms with Gasteiger partial charge in [-0.1, -0.05) is 12.1 Å². The van der Waals surface area contributed by atoms with Gasteiger partial charge in [-0.05, 0) is 38.5 Å². The largest absolute Gasteiger partial charge is 0.549 e. The second-order valence-corrected chi connectivity index (χ2v) is 5.55. The second-order valence-electron chi connectivity index (χ2n) is 5.55. The Bertz CT molecular complexity index is 634. The van der Waals surface area contributed by atoms with Gasteiger partial charge in [-0.25, -0.2) is 0 Å². The molecule has 0 aliphatic heterocycles. The van der Waals surface area contributed by atoms with E-state index in [1.165, 1.54) is 19.2 Å². The molecule has 0 saturated heterocycles. The van der Waals surface area contributed by atoms with Crippen LogP contribution in [0.15, 0.2) is 24.3 Å². The van der Waals surface area contributed by atoms with Crippen LogP contribution in [-0.4, -0.2) is 37.2 Å². The molecule has 0 aromatic heterocycles. The molecule has 25 heavy (non-hydrogen) atoms. The fraction of sp³-hybridized carbons (Fsp3) is 0.444. The minimum absolute atomic E-state index is 0.0218. The Morgan fingerprint density at radius 2 is 1.52 bits per heavy atom. The number of ether oxygens (including phenoxy) is 2. The van der Waals surface area contributed by atoms with Crippen molar-refractivity contribution in [3.05, 3.63) is 29.8 Å². The van der Waals surface area contributed by atoms with Crippen LogP contribution in [0.5, 0.6) is 5.75 Å². The third-order valence-corrected chi connectivity index (χ3v) is 3.89. The Morgan fingerprint density at radius 3 is 1.88 bits per heavy atom. The quantitative estimate of drug-likeness (QED) is 0.471. The first-order valence-electron chi connectivity index (χ1n) is 7.76. The first-order chi connectivity index (χ1) is 11.7. The first-order valence-corrected chi connectivity index (χ1v) is 7.76. The Labute approximate surface area is 145 Å². The predicted octanol–water partition coefficient (Wildman–Crippen LogP) is 0.502. The van der Waals surface area contributed by atoms with Gasteiger partial charge in [0.05, 0.1) is 25.6 Å². The summed E-state index contributed by atoms with van der Waals surface area (Å²) in [6, 6.07) is 6.13. The van der Waals surface area contributed by atoms with Crippen molar-refractivity contribution < 1.29 is 33.8 Å². The van der Waals surface area contributed by atoms with Crippen molar-refractivity contribution in [1.82, 2.24) is 0 Å². The zero-order valence-electron chi connectivity index (χ0n) is 14.6. The van der Waals surface area contributed by atoms with Crippen molar-refractivity contribution >= 4 is 23.5 Å². The fourth-order valence-corrected chi connectivity index (χ4v) is 2.77. The summed E-state index contributed by atoms with van der Waals surface area (Å²) < 4.78 is 9.96.